The molecule has 3 N–H and O–H groups in total. The smallest absolute Gasteiger partial charge is 0.379 e. The zero-order chi connectivity index (χ0) is 14.6. The van der Waals surface area contributed by atoms with Crippen LogP contribution in [0.2, 0.25) is 0 Å². The molecule has 0 saturated carbocycles. The Morgan fingerprint density at radius 1 is 1.50 bits per heavy atom. The fraction of sp³-hybridized carbons (Fsp3) is 0.417. The summed E-state index contributed by atoms with van der Waals surface area (Å²) in [6, 6.07) is 1.66. The number of benzene rings is 1. The van der Waals surface area contributed by atoms with Crippen LogP contribution in [-0.4, -0.2) is 30.7 Å². The highest BCUT2D eigenvalue weighted by molar-refractivity contribution is 5.85. The number of rotatable bonds is 5. The predicted octanol–water partition coefficient (Wildman–Crippen LogP) is 2.02. The van der Waals surface area contributed by atoms with E-state index in [2.05, 4.69) is 4.74 Å². The third kappa shape index (κ3) is 3.71. The van der Waals surface area contributed by atoms with Gasteiger partial charge in [-0.05, 0) is 25.1 Å². The van der Waals surface area contributed by atoms with E-state index in [4.69, 9.17) is 10.5 Å². The molecular weight excluding hydrogens is 296 g/mol. The van der Waals surface area contributed by atoms with Gasteiger partial charge in [-0.3, -0.25) is 0 Å². The van der Waals surface area contributed by atoms with E-state index in [1.54, 1.807) is 0 Å². The quantitative estimate of drug-likeness (QED) is 0.813. The summed E-state index contributed by atoms with van der Waals surface area (Å²) in [6.45, 7) is 1.22. The summed E-state index contributed by atoms with van der Waals surface area (Å²) in [5.74, 6) is -5.88. The van der Waals surface area contributed by atoms with E-state index in [0.717, 1.165) is 12.1 Å². The lowest BCUT2D eigenvalue weighted by atomic mass is 10.00. The first-order valence-corrected chi connectivity index (χ1v) is 5.52. The topological polar surface area (TPSA) is 81.8 Å². The van der Waals surface area contributed by atoms with Crippen molar-refractivity contribution in [2.45, 2.75) is 18.9 Å². The number of hydrogen-bond donors (Lipinski definition) is 2. The second-order valence-electron chi connectivity index (χ2n) is 3.75. The highest BCUT2D eigenvalue weighted by atomic mass is 35.5. The first-order chi connectivity index (χ1) is 8.84. The summed E-state index contributed by atoms with van der Waals surface area (Å²) < 4.78 is 36.6. The van der Waals surface area contributed by atoms with E-state index >= 15 is 0 Å². The van der Waals surface area contributed by atoms with Gasteiger partial charge in [0.2, 0.25) is 0 Å². The Kier molecular flexibility index (Phi) is 6.67. The van der Waals surface area contributed by atoms with Crippen LogP contribution in [0.5, 0.6) is 11.5 Å². The Balaban J connectivity index is 0.00000361. The largest absolute Gasteiger partial charge is 0.508 e. The average Bonchev–Trinajstić information content (AvgIpc) is 2.38. The van der Waals surface area contributed by atoms with Crippen molar-refractivity contribution in [1.82, 2.24) is 0 Å². The van der Waals surface area contributed by atoms with Crippen molar-refractivity contribution < 1.29 is 28.2 Å². The summed E-state index contributed by atoms with van der Waals surface area (Å²) in [5, 5.41) is 9.55. The molecule has 8 heteroatoms. The molecule has 0 saturated heterocycles. The molecule has 20 heavy (non-hydrogen) atoms. The van der Waals surface area contributed by atoms with Crippen LogP contribution in [-0.2, 0) is 9.53 Å². The summed E-state index contributed by atoms with van der Waals surface area (Å²) in [7, 11) is 1.34. The lowest BCUT2D eigenvalue weighted by Gasteiger charge is -2.22. The molecule has 1 atom stereocenters. The van der Waals surface area contributed by atoms with Crippen LogP contribution in [0.15, 0.2) is 18.2 Å². The van der Waals surface area contributed by atoms with Crippen molar-refractivity contribution in [3.63, 3.8) is 0 Å². The van der Waals surface area contributed by atoms with E-state index in [-0.39, 0.29) is 30.3 Å². The molecular formula is C12H16ClF2NO4. The molecule has 0 aromatic heterocycles. The minimum absolute atomic E-state index is 0. The number of carbonyl (C=O) groups excluding carboxylic acids is 1. The number of nitrogens with two attached hydrogens (primary N) is 1. The Morgan fingerprint density at radius 3 is 2.60 bits per heavy atom. The highest BCUT2D eigenvalue weighted by Gasteiger charge is 2.48. The predicted molar refractivity (Wildman–Crippen MR) is 70.4 cm³/mol. The summed E-state index contributed by atoms with van der Waals surface area (Å²) in [6.07, 6.45) is 0. The lowest BCUT2D eigenvalue weighted by molar-refractivity contribution is -0.174. The molecule has 1 aromatic rings. The van der Waals surface area contributed by atoms with E-state index in [1.807, 2.05) is 0 Å². The molecule has 0 unspecified atom stereocenters. The second kappa shape index (κ2) is 7.25. The van der Waals surface area contributed by atoms with Crippen molar-refractivity contribution >= 4 is 18.4 Å². The van der Waals surface area contributed by atoms with Crippen LogP contribution in [0.4, 0.5) is 8.78 Å². The van der Waals surface area contributed by atoms with Gasteiger partial charge >= 0.3 is 11.9 Å². The molecule has 114 valence electrons. The van der Waals surface area contributed by atoms with Crippen molar-refractivity contribution in [2.24, 2.45) is 5.73 Å². The monoisotopic (exact) mass is 311 g/mol. The van der Waals surface area contributed by atoms with Gasteiger partial charge in [-0.15, -0.1) is 12.4 Å². The molecule has 0 aliphatic carbocycles. The number of esters is 1. The number of hydrogen-bond acceptors (Lipinski definition) is 5. The van der Waals surface area contributed by atoms with Crippen molar-refractivity contribution in [3.05, 3.63) is 23.8 Å². The van der Waals surface area contributed by atoms with Crippen LogP contribution in [0.3, 0.4) is 0 Å². The average molecular weight is 312 g/mol. The number of phenols is 1. The van der Waals surface area contributed by atoms with Gasteiger partial charge in [0, 0.05) is 5.56 Å². The first-order valence-electron chi connectivity index (χ1n) is 5.52. The number of ether oxygens (including phenoxy) is 2. The molecule has 5 nitrogen and oxygen atoms in total. The molecule has 0 aliphatic rings. The number of carbonyl (C=O) groups is 1. The van der Waals surface area contributed by atoms with Gasteiger partial charge in [-0.2, -0.15) is 8.78 Å². The Morgan fingerprint density at radius 2 is 2.10 bits per heavy atom. The van der Waals surface area contributed by atoms with Crippen LogP contribution in [0, 0.1) is 0 Å². The molecule has 1 rings (SSSR count). The summed E-state index contributed by atoms with van der Waals surface area (Å²) in [4.78, 5) is 11.2. The normalized spacial score (nSPS) is 12.2. The minimum Gasteiger partial charge on any atom is -0.508 e. The molecule has 0 aliphatic heterocycles. The standard InChI is InChI=1S/C12H15F2NO4.ClH/c1-3-19-11(17)12(13,14)10(15)8-6-7(18-2)4-5-9(8)16;/h4-6,10,16H,3,15H2,1-2H3;1H/t10-;/m0./s1. The van der Waals surface area contributed by atoms with Gasteiger partial charge in [-0.25, -0.2) is 4.79 Å². The highest BCUT2D eigenvalue weighted by Crippen LogP contribution is 2.36. The van der Waals surface area contributed by atoms with E-state index in [0.29, 0.717) is 0 Å². The molecule has 0 fully saturated rings. The maximum absolute atomic E-state index is 13.7. The summed E-state index contributed by atoms with van der Waals surface area (Å²) >= 11 is 0. The van der Waals surface area contributed by atoms with E-state index in [1.165, 1.54) is 20.1 Å². The van der Waals surface area contributed by atoms with Crippen molar-refractivity contribution in [1.29, 1.82) is 0 Å². The van der Waals surface area contributed by atoms with Crippen LogP contribution >= 0.6 is 12.4 Å². The molecule has 0 amide bonds. The Labute approximate surface area is 121 Å². The number of aromatic hydroxyl groups is 1. The third-order valence-corrected chi connectivity index (χ3v) is 2.51. The fourth-order valence-electron chi connectivity index (χ4n) is 1.46. The van der Waals surface area contributed by atoms with E-state index < -0.39 is 23.7 Å². The molecule has 0 spiro atoms. The van der Waals surface area contributed by atoms with Crippen molar-refractivity contribution in [3.8, 4) is 11.5 Å². The summed E-state index contributed by atoms with van der Waals surface area (Å²) in [5.41, 5.74) is 5.07. The molecule has 0 radical (unpaired) electrons. The molecule has 1 aromatic carbocycles. The van der Waals surface area contributed by atoms with Crippen molar-refractivity contribution in [2.75, 3.05) is 13.7 Å². The molecule has 0 bridgehead atoms. The first kappa shape index (κ1) is 18.4. The zero-order valence-corrected chi connectivity index (χ0v) is 11.7. The maximum Gasteiger partial charge on any atom is 0.379 e. The Hall–Kier alpha value is -1.60. The number of methoxy groups -OCH3 is 1. The van der Waals surface area contributed by atoms with Crippen LogP contribution in [0.1, 0.15) is 18.5 Å². The van der Waals surface area contributed by atoms with Gasteiger partial charge in [0.15, 0.2) is 0 Å². The van der Waals surface area contributed by atoms with Gasteiger partial charge in [0.05, 0.1) is 13.7 Å². The van der Waals surface area contributed by atoms with Gasteiger partial charge in [-0.1, -0.05) is 0 Å². The third-order valence-electron chi connectivity index (χ3n) is 2.51. The Bertz CT molecular complexity index is 471. The molecule has 0 heterocycles. The number of halogens is 3. The van der Waals surface area contributed by atoms with Gasteiger partial charge in [0.1, 0.15) is 17.5 Å². The van der Waals surface area contributed by atoms with Crippen LogP contribution < -0.4 is 10.5 Å². The van der Waals surface area contributed by atoms with Crippen LogP contribution in [0.25, 0.3) is 0 Å². The maximum atomic E-state index is 13.7. The van der Waals surface area contributed by atoms with Gasteiger partial charge < -0.3 is 20.3 Å². The minimum atomic E-state index is -3.94. The van der Waals surface area contributed by atoms with Gasteiger partial charge in [0.25, 0.3) is 0 Å². The number of phenolic OH excluding ortho intramolecular Hbond substituents is 1. The second-order valence-corrected chi connectivity index (χ2v) is 3.75. The number of alkyl halides is 2. The SMILES string of the molecule is CCOC(=O)C(F)(F)[C@@H](N)c1cc(OC)ccc1O.Cl. The zero-order valence-electron chi connectivity index (χ0n) is 10.9. The lowest BCUT2D eigenvalue weighted by Crippen LogP contribution is -2.41. The van der Waals surface area contributed by atoms with E-state index in [9.17, 15) is 18.7 Å². The fourth-order valence-corrected chi connectivity index (χ4v) is 1.46.